The fraction of sp³-hybridized carbons (Fsp3) is 0.263. The summed E-state index contributed by atoms with van der Waals surface area (Å²) in [6.45, 7) is 1.78. The summed E-state index contributed by atoms with van der Waals surface area (Å²) in [4.78, 5) is 17.4. The number of thioether (sulfide) groups is 1. The Morgan fingerprint density at radius 2 is 1.83 bits per heavy atom. The van der Waals surface area contributed by atoms with Crippen molar-refractivity contribution in [3.05, 3.63) is 71.8 Å². The van der Waals surface area contributed by atoms with Gasteiger partial charge in [-0.1, -0.05) is 60.3 Å². The molecule has 2 aliphatic heterocycles. The molecule has 1 saturated heterocycles. The highest BCUT2D eigenvalue weighted by molar-refractivity contribution is 8.13. The van der Waals surface area contributed by atoms with Gasteiger partial charge in [-0.2, -0.15) is 0 Å². The number of hydrogen-bond donors (Lipinski definition) is 2. The number of nitrogens with zero attached hydrogens (tertiary/aromatic N) is 1. The van der Waals surface area contributed by atoms with Crippen LogP contribution in [0.1, 0.15) is 15.9 Å². The van der Waals surface area contributed by atoms with Gasteiger partial charge in [-0.3, -0.25) is 4.79 Å². The van der Waals surface area contributed by atoms with Crippen molar-refractivity contribution in [2.45, 2.75) is 5.54 Å². The second-order valence-electron chi connectivity index (χ2n) is 6.17. The first-order valence-electron chi connectivity index (χ1n) is 8.13. The van der Waals surface area contributed by atoms with E-state index >= 15 is 0 Å². The lowest BCUT2D eigenvalue weighted by Crippen LogP contribution is -2.42. The van der Waals surface area contributed by atoms with Crippen LogP contribution < -0.4 is 10.6 Å². The molecular weight excluding hydrogens is 318 g/mol. The zero-order chi connectivity index (χ0) is 16.4. The molecule has 0 aromatic heterocycles. The molecule has 2 N–H and O–H groups in total. The predicted octanol–water partition coefficient (Wildman–Crippen LogP) is 2.63. The average molecular weight is 337 g/mol. The Kier molecular flexibility index (Phi) is 4.12. The van der Waals surface area contributed by atoms with E-state index in [1.165, 1.54) is 5.56 Å². The Hall–Kier alpha value is -2.11. The monoisotopic (exact) mass is 337 g/mol. The number of carbonyl (C=O) groups is 1. The van der Waals surface area contributed by atoms with Gasteiger partial charge in [-0.15, -0.1) is 0 Å². The van der Waals surface area contributed by atoms with Crippen molar-refractivity contribution in [2.24, 2.45) is 10.9 Å². The van der Waals surface area contributed by atoms with Gasteiger partial charge in [-0.25, -0.2) is 4.99 Å². The SMILES string of the molecule is O=C(NC1=NC2(c3ccccc3)CNCC2CS1)c1ccccc1. The lowest BCUT2D eigenvalue weighted by Gasteiger charge is -2.35. The van der Waals surface area contributed by atoms with Gasteiger partial charge in [0.1, 0.15) is 5.54 Å². The van der Waals surface area contributed by atoms with Crippen molar-refractivity contribution in [1.29, 1.82) is 0 Å². The molecule has 2 unspecified atom stereocenters. The molecule has 0 bridgehead atoms. The molecule has 0 aliphatic carbocycles. The zero-order valence-electron chi connectivity index (χ0n) is 13.2. The number of benzene rings is 2. The van der Waals surface area contributed by atoms with E-state index in [9.17, 15) is 4.79 Å². The Morgan fingerprint density at radius 3 is 2.58 bits per heavy atom. The van der Waals surface area contributed by atoms with Crippen LogP contribution in [0.25, 0.3) is 0 Å². The van der Waals surface area contributed by atoms with Gasteiger partial charge in [0.15, 0.2) is 5.17 Å². The second kappa shape index (κ2) is 6.42. The molecule has 2 atom stereocenters. The molecule has 4 nitrogen and oxygen atoms in total. The number of nitrogens with one attached hydrogen (secondary N) is 2. The highest BCUT2D eigenvalue weighted by Gasteiger charge is 2.47. The first kappa shape index (κ1) is 15.4. The van der Waals surface area contributed by atoms with Crippen LogP contribution >= 0.6 is 11.8 Å². The van der Waals surface area contributed by atoms with Crippen molar-refractivity contribution >= 4 is 22.8 Å². The van der Waals surface area contributed by atoms with Crippen molar-refractivity contribution < 1.29 is 4.79 Å². The van der Waals surface area contributed by atoms with Crippen molar-refractivity contribution in [1.82, 2.24) is 10.6 Å². The van der Waals surface area contributed by atoms with Crippen LogP contribution in [0.2, 0.25) is 0 Å². The molecule has 122 valence electrons. The standard InChI is InChI=1S/C19H19N3OS/c23-17(14-7-3-1-4-8-14)21-18-22-19(15-9-5-2-6-10-15)13-20-11-16(19)12-24-18/h1-10,16,20H,11-13H2,(H,21,22,23). The minimum atomic E-state index is -0.272. The third-order valence-electron chi connectivity index (χ3n) is 4.71. The van der Waals surface area contributed by atoms with E-state index in [0.29, 0.717) is 16.6 Å². The molecule has 2 aromatic carbocycles. The fourth-order valence-electron chi connectivity index (χ4n) is 3.42. The molecule has 0 radical (unpaired) electrons. The number of fused-ring (bicyclic) bond motifs is 1. The summed E-state index contributed by atoms with van der Waals surface area (Å²) in [5.41, 5.74) is 1.60. The van der Waals surface area contributed by atoms with Gasteiger partial charge in [0, 0.05) is 30.3 Å². The van der Waals surface area contributed by atoms with Gasteiger partial charge in [0.05, 0.1) is 0 Å². The summed E-state index contributed by atoms with van der Waals surface area (Å²) < 4.78 is 0. The van der Waals surface area contributed by atoms with E-state index in [1.54, 1.807) is 11.8 Å². The van der Waals surface area contributed by atoms with Gasteiger partial charge in [0.25, 0.3) is 5.91 Å². The highest BCUT2D eigenvalue weighted by atomic mass is 32.2. The molecule has 0 spiro atoms. The number of hydrogen-bond acceptors (Lipinski definition) is 4. The Bertz CT molecular complexity index is 763. The Balaban J connectivity index is 1.64. The fourth-order valence-corrected chi connectivity index (χ4v) is 4.57. The zero-order valence-corrected chi connectivity index (χ0v) is 14.1. The van der Waals surface area contributed by atoms with Crippen LogP contribution in [0, 0.1) is 5.92 Å². The van der Waals surface area contributed by atoms with E-state index < -0.39 is 0 Å². The topological polar surface area (TPSA) is 53.5 Å². The summed E-state index contributed by atoms with van der Waals surface area (Å²) in [6.07, 6.45) is 0. The quantitative estimate of drug-likeness (QED) is 0.886. The van der Waals surface area contributed by atoms with E-state index in [4.69, 9.17) is 4.99 Å². The summed E-state index contributed by atoms with van der Waals surface area (Å²) in [7, 11) is 0. The van der Waals surface area contributed by atoms with E-state index in [0.717, 1.165) is 18.8 Å². The molecule has 0 saturated carbocycles. The van der Waals surface area contributed by atoms with Crippen molar-refractivity contribution in [3.63, 3.8) is 0 Å². The molecule has 1 fully saturated rings. The van der Waals surface area contributed by atoms with Gasteiger partial charge < -0.3 is 10.6 Å². The Labute approximate surface area is 145 Å². The lowest BCUT2D eigenvalue weighted by molar-refractivity contribution is 0.0977. The van der Waals surface area contributed by atoms with Crippen molar-refractivity contribution in [3.8, 4) is 0 Å². The molecule has 2 aromatic rings. The molecular formula is C19H19N3OS. The van der Waals surface area contributed by atoms with Crippen LogP contribution in [0.3, 0.4) is 0 Å². The van der Waals surface area contributed by atoms with Gasteiger partial charge in [0.2, 0.25) is 0 Å². The number of aliphatic imine (C=N–C) groups is 1. The summed E-state index contributed by atoms with van der Waals surface area (Å²) >= 11 is 1.63. The molecule has 5 heteroatoms. The number of rotatable bonds is 2. The molecule has 1 amide bonds. The normalized spacial score (nSPS) is 25.7. The van der Waals surface area contributed by atoms with E-state index in [1.807, 2.05) is 36.4 Å². The van der Waals surface area contributed by atoms with Crippen LogP contribution in [0.15, 0.2) is 65.7 Å². The first-order valence-corrected chi connectivity index (χ1v) is 9.12. The second-order valence-corrected chi connectivity index (χ2v) is 7.17. The van der Waals surface area contributed by atoms with Crippen molar-refractivity contribution in [2.75, 3.05) is 18.8 Å². The lowest BCUT2D eigenvalue weighted by atomic mass is 9.82. The maximum Gasteiger partial charge on any atom is 0.257 e. The minimum absolute atomic E-state index is 0.102. The highest BCUT2D eigenvalue weighted by Crippen LogP contribution is 2.42. The molecule has 2 aliphatic rings. The van der Waals surface area contributed by atoms with Crippen LogP contribution in [-0.4, -0.2) is 29.9 Å². The summed E-state index contributed by atoms with van der Waals surface area (Å²) in [5.74, 6) is 1.30. The molecule has 2 heterocycles. The largest absolute Gasteiger partial charge is 0.314 e. The maximum absolute atomic E-state index is 12.4. The smallest absolute Gasteiger partial charge is 0.257 e. The van der Waals surface area contributed by atoms with Crippen LogP contribution in [0.4, 0.5) is 0 Å². The first-order chi connectivity index (χ1) is 11.8. The van der Waals surface area contributed by atoms with Gasteiger partial charge >= 0.3 is 0 Å². The maximum atomic E-state index is 12.4. The van der Waals surface area contributed by atoms with Crippen LogP contribution in [0.5, 0.6) is 0 Å². The van der Waals surface area contributed by atoms with E-state index in [2.05, 4.69) is 34.9 Å². The summed E-state index contributed by atoms with van der Waals surface area (Å²) in [6, 6.07) is 19.7. The van der Waals surface area contributed by atoms with Crippen LogP contribution in [-0.2, 0) is 5.54 Å². The minimum Gasteiger partial charge on any atom is -0.314 e. The third-order valence-corrected chi connectivity index (χ3v) is 5.75. The third kappa shape index (κ3) is 2.74. The summed E-state index contributed by atoms with van der Waals surface area (Å²) in [5, 5.41) is 7.18. The number of amides is 1. The van der Waals surface area contributed by atoms with Gasteiger partial charge in [-0.05, 0) is 17.7 Å². The molecule has 24 heavy (non-hydrogen) atoms. The number of amidine groups is 1. The average Bonchev–Trinajstić information content (AvgIpc) is 3.07. The van der Waals surface area contributed by atoms with E-state index in [-0.39, 0.29) is 11.4 Å². The molecule has 4 rings (SSSR count). The predicted molar refractivity (Wildman–Crippen MR) is 98.3 cm³/mol. The Morgan fingerprint density at radius 1 is 1.12 bits per heavy atom. The number of carbonyl (C=O) groups excluding carboxylic acids is 1.